The van der Waals surface area contributed by atoms with Gasteiger partial charge in [0.05, 0.1) is 6.42 Å². The van der Waals surface area contributed by atoms with Gasteiger partial charge in [-0.25, -0.2) is 4.98 Å². The lowest BCUT2D eigenvalue weighted by Crippen LogP contribution is -2.44. The van der Waals surface area contributed by atoms with E-state index in [0.29, 0.717) is 0 Å². The smallest absolute Gasteiger partial charge is 0.425 e. The molecule has 0 radical (unpaired) electrons. The van der Waals surface area contributed by atoms with Gasteiger partial charge in [-0.2, -0.15) is 13.2 Å². The number of furan rings is 1. The fourth-order valence-electron chi connectivity index (χ4n) is 1.66. The molecule has 0 saturated heterocycles. The van der Waals surface area contributed by atoms with Crippen LogP contribution in [-0.2, 0) is 10.4 Å². The number of aryl methyl sites for hydroxylation is 1. The molecule has 0 aliphatic carbocycles. The molecule has 2 heterocycles. The van der Waals surface area contributed by atoms with E-state index in [-0.39, 0.29) is 10.9 Å². The Labute approximate surface area is 121 Å². The highest BCUT2D eigenvalue weighted by Gasteiger charge is 2.58. The van der Waals surface area contributed by atoms with Crippen molar-refractivity contribution in [1.29, 1.82) is 0 Å². The number of hydrogen-bond acceptors (Lipinski definition) is 5. The lowest BCUT2D eigenvalue weighted by molar-refractivity contribution is -0.272. The van der Waals surface area contributed by atoms with Crippen molar-refractivity contribution >= 4 is 22.4 Å². The Kier molecular flexibility index (Phi) is 4.06. The van der Waals surface area contributed by atoms with Gasteiger partial charge in [-0.1, -0.05) is 0 Å². The van der Waals surface area contributed by atoms with E-state index >= 15 is 0 Å². The van der Waals surface area contributed by atoms with Crippen LogP contribution in [0.15, 0.2) is 28.1 Å². The molecule has 1 unspecified atom stereocenters. The number of anilines is 1. The third-order valence-corrected chi connectivity index (χ3v) is 3.40. The molecule has 2 rings (SSSR count). The predicted molar refractivity (Wildman–Crippen MR) is 68.8 cm³/mol. The van der Waals surface area contributed by atoms with Gasteiger partial charge in [-0.3, -0.25) is 4.79 Å². The van der Waals surface area contributed by atoms with E-state index in [0.717, 1.165) is 17.4 Å². The highest BCUT2D eigenvalue weighted by atomic mass is 32.1. The van der Waals surface area contributed by atoms with E-state index in [4.69, 9.17) is 4.42 Å². The Morgan fingerprint density at radius 1 is 1.48 bits per heavy atom. The van der Waals surface area contributed by atoms with Crippen molar-refractivity contribution in [2.75, 3.05) is 5.32 Å². The average molecular weight is 320 g/mol. The molecule has 9 heteroatoms. The van der Waals surface area contributed by atoms with Crippen molar-refractivity contribution in [2.24, 2.45) is 0 Å². The number of nitrogens with one attached hydrogen (secondary N) is 1. The van der Waals surface area contributed by atoms with E-state index in [1.54, 1.807) is 5.38 Å². The normalized spacial score (nSPS) is 14.7. The Bertz CT molecular complexity index is 624. The molecule has 0 spiro atoms. The molecule has 1 atom stereocenters. The summed E-state index contributed by atoms with van der Waals surface area (Å²) >= 11 is 1.06. The molecule has 0 aromatic carbocycles. The van der Waals surface area contributed by atoms with Crippen LogP contribution in [0.5, 0.6) is 0 Å². The molecule has 0 aliphatic heterocycles. The van der Waals surface area contributed by atoms with Gasteiger partial charge in [0.25, 0.3) is 0 Å². The number of aromatic nitrogens is 1. The summed E-state index contributed by atoms with van der Waals surface area (Å²) in [6.07, 6.45) is -4.88. The zero-order chi connectivity index (χ0) is 15.7. The maximum atomic E-state index is 13.1. The number of carbonyl (C=O) groups is 1. The first-order valence-electron chi connectivity index (χ1n) is 5.78. The SMILES string of the molecule is Cc1ccc(C(O)(CC(=O)Nc2nccs2)C(F)(F)F)o1. The van der Waals surface area contributed by atoms with Crippen LogP contribution in [0.3, 0.4) is 0 Å². The zero-order valence-corrected chi connectivity index (χ0v) is 11.6. The summed E-state index contributed by atoms with van der Waals surface area (Å²) in [7, 11) is 0. The second kappa shape index (κ2) is 5.49. The second-order valence-electron chi connectivity index (χ2n) is 4.33. The fourth-order valence-corrected chi connectivity index (χ4v) is 2.21. The van der Waals surface area contributed by atoms with Crippen LogP contribution in [0.25, 0.3) is 0 Å². The summed E-state index contributed by atoms with van der Waals surface area (Å²) < 4.78 is 44.3. The summed E-state index contributed by atoms with van der Waals surface area (Å²) in [5.41, 5.74) is -3.39. The van der Waals surface area contributed by atoms with Crippen molar-refractivity contribution < 1.29 is 27.5 Å². The van der Waals surface area contributed by atoms with Crippen molar-refractivity contribution in [2.45, 2.75) is 25.1 Å². The Hall–Kier alpha value is -1.87. The largest absolute Gasteiger partial charge is 0.463 e. The van der Waals surface area contributed by atoms with Crippen molar-refractivity contribution in [3.8, 4) is 0 Å². The minimum atomic E-state index is -5.06. The summed E-state index contributed by atoms with van der Waals surface area (Å²) in [4.78, 5) is 15.4. The maximum absolute atomic E-state index is 13.1. The first-order valence-corrected chi connectivity index (χ1v) is 6.66. The molecule has 2 aromatic rings. The molecule has 1 amide bonds. The molecular formula is C12H11F3N2O3S. The van der Waals surface area contributed by atoms with Gasteiger partial charge in [0.1, 0.15) is 11.5 Å². The summed E-state index contributed by atoms with van der Waals surface area (Å²) in [6.45, 7) is 1.44. The number of thiazole rings is 1. The molecule has 0 bridgehead atoms. The van der Waals surface area contributed by atoms with E-state index in [2.05, 4.69) is 10.3 Å². The van der Waals surface area contributed by atoms with Crippen molar-refractivity contribution in [3.05, 3.63) is 35.2 Å². The average Bonchev–Trinajstić information content (AvgIpc) is 2.98. The lowest BCUT2D eigenvalue weighted by Gasteiger charge is -2.27. The number of halogens is 3. The number of alkyl halides is 3. The number of aliphatic hydroxyl groups is 1. The van der Waals surface area contributed by atoms with Gasteiger partial charge in [-0.15, -0.1) is 11.3 Å². The van der Waals surface area contributed by atoms with Crippen LogP contribution in [0.4, 0.5) is 18.3 Å². The van der Waals surface area contributed by atoms with Gasteiger partial charge in [-0.05, 0) is 19.1 Å². The molecule has 2 N–H and O–H groups in total. The third kappa shape index (κ3) is 3.24. The first-order chi connectivity index (χ1) is 9.72. The van der Waals surface area contributed by atoms with Gasteiger partial charge < -0.3 is 14.8 Å². The van der Waals surface area contributed by atoms with Gasteiger partial charge >= 0.3 is 6.18 Å². The van der Waals surface area contributed by atoms with E-state index in [9.17, 15) is 23.1 Å². The molecule has 0 fully saturated rings. The minimum absolute atomic E-state index is 0.153. The van der Waals surface area contributed by atoms with Crippen LogP contribution in [0, 0.1) is 6.92 Å². The van der Waals surface area contributed by atoms with E-state index in [1.807, 2.05) is 0 Å². The highest BCUT2D eigenvalue weighted by Crippen LogP contribution is 2.42. The zero-order valence-electron chi connectivity index (χ0n) is 10.8. The number of nitrogens with zero attached hydrogens (tertiary/aromatic N) is 1. The van der Waals surface area contributed by atoms with Crippen LogP contribution in [-0.4, -0.2) is 22.2 Å². The number of hydrogen-bond donors (Lipinski definition) is 2. The molecule has 2 aromatic heterocycles. The highest BCUT2D eigenvalue weighted by molar-refractivity contribution is 7.13. The van der Waals surface area contributed by atoms with E-state index < -0.39 is 29.9 Å². The van der Waals surface area contributed by atoms with Gasteiger partial charge in [0.2, 0.25) is 11.5 Å². The molecule has 21 heavy (non-hydrogen) atoms. The first kappa shape index (κ1) is 15.5. The van der Waals surface area contributed by atoms with Crippen molar-refractivity contribution in [3.63, 3.8) is 0 Å². The predicted octanol–water partition coefficient (Wildman–Crippen LogP) is 2.82. The lowest BCUT2D eigenvalue weighted by atomic mass is 9.95. The summed E-state index contributed by atoms with van der Waals surface area (Å²) in [5.74, 6) is -1.53. The van der Waals surface area contributed by atoms with Gasteiger partial charge in [0, 0.05) is 11.6 Å². The van der Waals surface area contributed by atoms with Crippen LogP contribution < -0.4 is 5.32 Å². The fraction of sp³-hybridized carbons (Fsp3) is 0.333. The summed E-state index contributed by atoms with van der Waals surface area (Å²) in [6, 6.07) is 2.28. The van der Waals surface area contributed by atoms with Crippen molar-refractivity contribution in [1.82, 2.24) is 4.98 Å². The molecule has 0 aliphatic rings. The van der Waals surface area contributed by atoms with E-state index in [1.165, 1.54) is 19.2 Å². The molecular weight excluding hydrogens is 309 g/mol. The Morgan fingerprint density at radius 3 is 2.67 bits per heavy atom. The summed E-state index contributed by atoms with van der Waals surface area (Å²) in [5, 5.41) is 13.8. The monoisotopic (exact) mass is 320 g/mol. The standard InChI is InChI=1S/C12H11F3N2O3S/c1-7-2-3-8(20-7)11(19,12(13,14)15)6-9(18)17-10-16-4-5-21-10/h2-5,19H,6H2,1H3,(H,16,17,18). The quantitative estimate of drug-likeness (QED) is 0.908. The second-order valence-corrected chi connectivity index (χ2v) is 5.23. The number of carbonyl (C=O) groups excluding carboxylic acids is 1. The van der Waals surface area contributed by atoms with Crippen LogP contribution >= 0.6 is 11.3 Å². The number of amides is 1. The third-order valence-electron chi connectivity index (χ3n) is 2.71. The maximum Gasteiger partial charge on any atom is 0.425 e. The van der Waals surface area contributed by atoms with Gasteiger partial charge in [0.15, 0.2) is 5.13 Å². The Balaban J connectivity index is 2.23. The van der Waals surface area contributed by atoms with Crippen LogP contribution in [0.2, 0.25) is 0 Å². The Morgan fingerprint density at radius 2 is 2.19 bits per heavy atom. The topological polar surface area (TPSA) is 75.4 Å². The molecule has 5 nitrogen and oxygen atoms in total. The van der Waals surface area contributed by atoms with Crippen LogP contribution in [0.1, 0.15) is 17.9 Å². The minimum Gasteiger partial charge on any atom is -0.463 e. The molecule has 0 saturated carbocycles. The molecule has 114 valence electrons. The number of rotatable bonds is 4.